The fourth-order valence-electron chi connectivity index (χ4n) is 3.73. The molecule has 2 aliphatic rings. The highest BCUT2D eigenvalue weighted by molar-refractivity contribution is 5.79. The van der Waals surface area contributed by atoms with Crippen LogP contribution in [-0.2, 0) is 16.0 Å². The standard InChI is InChI=1S/C19H26N2O3/c1-2-24-19(23)21-12-10-15(11-13-21)18(22)20-17-9-5-7-14-6-3-4-8-16(14)17/h3-4,6,8,15,17H,2,5,7,9-13H2,1H3,(H,20,22)/t17-/m1/s1. The molecule has 1 saturated heterocycles. The average Bonchev–Trinajstić information content (AvgIpc) is 2.62. The Morgan fingerprint density at radius 2 is 1.96 bits per heavy atom. The van der Waals surface area contributed by atoms with Gasteiger partial charge in [0.2, 0.25) is 5.91 Å². The number of ether oxygens (including phenoxy) is 1. The Hall–Kier alpha value is -2.04. The number of hydrogen-bond donors (Lipinski definition) is 1. The summed E-state index contributed by atoms with van der Waals surface area (Å²) in [5.41, 5.74) is 2.62. The summed E-state index contributed by atoms with van der Waals surface area (Å²) in [6.07, 6.45) is 4.36. The molecule has 5 heteroatoms. The predicted octanol–water partition coefficient (Wildman–Crippen LogP) is 3.05. The number of carbonyl (C=O) groups excluding carboxylic acids is 2. The number of fused-ring (bicyclic) bond motifs is 1. The second-order valence-electron chi connectivity index (χ2n) is 6.61. The Morgan fingerprint density at radius 1 is 1.21 bits per heavy atom. The first-order valence-corrected chi connectivity index (χ1v) is 8.99. The summed E-state index contributed by atoms with van der Waals surface area (Å²) in [5.74, 6) is 0.116. The van der Waals surface area contributed by atoms with Crippen LogP contribution < -0.4 is 5.32 Å². The molecular weight excluding hydrogens is 304 g/mol. The molecule has 24 heavy (non-hydrogen) atoms. The largest absolute Gasteiger partial charge is 0.450 e. The summed E-state index contributed by atoms with van der Waals surface area (Å²) in [5, 5.41) is 3.24. The zero-order valence-electron chi connectivity index (χ0n) is 14.3. The molecule has 1 atom stereocenters. The van der Waals surface area contributed by atoms with Crippen molar-refractivity contribution in [3.8, 4) is 0 Å². The number of aryl methyl sites for hydroxylation is 1. The first-order valence-electron chi connectivity index (χ1n) is 8.99. The van der Waals surface area contributed by atoms with Gasteiger partial charge in [-0.15, -0.1) is 0 Å². The van der Waals surface area contributed by atoms with Crippen molar-refractivity contribution in [2.75, 3.05) is 19.7 Å². The molecule has 5 nitrogen and oxygen atoms in total. The zero-order valence-corrected chi connectivity index (χ0v) is 14.3. The van der Waals surface area contributed by atoms with E-state index < -0.39 is 0 Å². The third-order valence-corrected chi connectivity index (χ3v) is 5.08. The third kappa shape index (κ3) is 3.71. The van der Waals surface area contributed by atoms with E-state index in [1.54, 1.807) is 11.8 Å². The maximum absolute atomic E-state index is 12.6. The maximum Gasteiger partial charge on any atom is 0.409 e. The highest BCUT2D eigenvalue weighted by Crippen LogP contribution is 2.30. The maximum atomic E-state index is 12.6. The minimum atomic E-state index is -0.266. The molecule has 1 aliphatic carbocycles. The predicted molar refractivity (Wildman–Crippen MR) is 91.6 cm³/mol. The number of nitrogens with zero attached hydrogens (tertiary/aromatic N) is 1. The number of likely N-dealkylation sites (tertiary alicyclic amines) is 1. The molecule has 1 fully saturated rings. The monoisotopic (exact) mass is 330 g/mol. The van der Waals surface area contributed by atoms with Gasteiger partial charge in [0.25, 0.3) is 0 Å². The highest BCUT2D eigenvalue weighted by Gasteiger charge is 2.30. The number of rotatable bonds is 3. The molecule has 0 aromatic heterocycles. The van der Waals surface area contributed by atoms with E-state index in [1.165, 1.54) is 11.1 Å². The van der Waals surface area contributed by atoms with E-state index in [1.807, 2.05) is 6.07 Å². The summed E-state index contributed by atoms with van der Waals surface area (Å²) >= 11 is 0. The molecule has 1 heterocycles. The van der Waals surface area contributed by atoms with Crippen LogP contribution in [0.4, 0.5) is 4.79 Å². The van der Waals surface area contributed by atoms with Crippen molar-refractivity contribution in [3.63, 3.8) is 0 Å². The second kappa shape index (κ2) is 7.69. The van der Waals surface area contributed by atoms with Crippen LogP contribution in [-0.4, -0.2) is 36.6 Å². The number of hydrogen-bond acceptors (Lipinski definition) is 3. The molecule has 1 aromatic rings. The van der Waals surface area contributed by atoms with Crippen molar-refractivity contribution < 1.29 is 14.3 Å². The van der Waals surface area contributed by atoms with Crippen LogP contribution in [0.1, 0.15) is 49.8 Å². The molecule has 0 radical (unpaired) electrons. The lowest BCUT2D eigenvalue weighted by Gasteiger charge is -2.32. The number of amides is 2. The van der Waals surface area contributed by atoms with Crippen molar-refractivity contribution in [1.82, 2.24) is 10.2 Å². The SMILES string of the molecule is CCOC(=O)N1CCC(C(=O)N[C@@H]2CCCc3ccccc32)CC1. The van der Waals surface area contributed by atoms with Crippen molar-refractivity contribution >= 4 is 12.0 Å². The van der Waals surface area contributed by atoms with Gasteiger partial charge in [0, 0.05) is 19.0 Å². The van der Waals surface area contributed by atoms with Crippen LogP contribution in [0.2, 0.25) is 0 Å². The number of benzene rings is 1. The van der Waals surface area contributed by atoms with Gasteiger partial charge in [0.15, 0.2) is 0 Å². The van der Waals surface area contributed by atoms with Gasteiger partial charge >= 0.3 is 6.09 Å². The molecule has 1 aromatic carbocycles. The summed E-state index contributed by atoms with van der Waals surface area (Å²) in [6.45, 7) is 3.39. The van der Waals surface area contributed by atoms with Gasteiger partial charge in [0.1, 0.15) is 0 Å². The molecule has 130 valence electrons. The molecule has 3 rings (SSSR count). The summed E-state index contributed by atoms with van der Waals surface area (Å²) in [4.78, 5) is 26.1. The fraction of sp³-hybridized carbons (Fsp3) is 0.579. The van der Waals surface area contributed by atoms with Gasteiger partial charge < -0.3 is 15.0 Å². The summed E-state index contributed by atoms with van der Waals surface area (Å²) in [7, 11) is 0. The van der Waals surface area contributed by atoms with Gasteiger partial charge in [-0.05, 0) is 50.2 Å². The molecule has 0 unspecified atom stereocenters. The Kier molecular flexibility index (Phi) is 5.38. The minimum absolute atomic E-state index is 0.00948. The van der Waals surface area contributed by atoms with Gasteiger partial charge in [-0.2, -0.15) is 0 Å². The molecule has 0 saturated carbocycles. The van der Waals surface area contributed by atoms with E-state index in [0.29, 0.717) is 32.5 Å². The van der Waals surface area contributed by atoms with Crippen LogP contribution in [0.5, 0.6) is 0 Å². The zero-order chi connectivity index (χ0) is 16.9. The highest BCUT2D eigenvalue weighted by atomic mass is 16.6. The minimum Gasteiger partial charge on any atom is -0.450 e. The van der Waals surface area contributed by atoms with Crippen LogP contribution >= 0.6 is 0 Å². The number of piperidine rings is 1. The molecule has 1 N–H and O–H groups in total. The van der Waals surface area contributed by atoms with E-state index in [0.717, 1.165) is 19.3 Å². The Bertz CT molecular complexity index is 594. The van der Waals surface area contributed by atoms with Crippen molar-refractivity contribution in [2.24, 2.45) is 5.92 Å². The van der Waals surface area contributed by atoms with Gasteiger partial charge in [0.05, 0.1) is 12.6 Å². The molecule has 2 amide bonds. The van der Waals surface area contributed by atoms with Gasteiger partial charge in [-0.25, -0.2) is 4.79 Å². The van der Waals surface area contributed by atoms with Crippen LogP contribution in [0, 0.1) is 5.92 Å². The van der Waals surface area contributed by atoms with E-state index in [9.17, 15) is 9.59 Å². The van der Waals surface area contributed by atoms with Crippen LogP contribution in [0.25, 0.3) is 0 Å². The molecule has 0 spiro atoms. The van der Waals surface area contributed by atoms with E-state index >= 15 is 0 Å². The molecule has 1 aliphatic heterocycles. The Balaban J connectivity index is 1.55. The van der Waals surface area contributed by atoms with Gasteiger partial charge in [-0.3, -0.25) is 4.79 Å². The van der Waals surface area contributed by atoms with Crippen molar-refractivity contribution in [1.29, 1.82) is 0 Å². The van der Waals surface area contributed by atoms with E-state index in [2.05, 4.69) is 23.5 Å². The van der Waals surface area contributed by atoms with Crippen LogP contribution in [0.3, 0.4) is 0 Å². The normalized spacial score (nSPS) is 21.0. The van der Waals surface area contributed by atoms with E-state index in [-0.39, 0.29) is 24.0 Å². The third-order valence-electron chi connectivity index (χ3n) is 5.08. The number of nitrogens with one attached hydrogen (secondary N) is 1. The second-order valence-corrected chi connectivity index (χ2v) is 6.61. The summed E-state index contributed by atoms with van der Waals surface area (Å²) in [6, 6.07) is 8.52. The lowest BCUT2D eigenvalue weighted by molar-refractivity contribution is -0.127. The fourth-order valence-corrected chi connectivity index (χ4v) is 3.73. The molecular formula is C19H26N2O3. The van der Waals surface area contributed by atoms with Gasteiger partial charge in [-0.1, -0.05) is 24.3 Å². The van der Waals surface area contributed by atoms with Crippen LogP contribution in [0.15, 0.2) is 24.3 Å². The Morgan fingerprint density at radius 3 is 2.71 bits per heavy atom. The van der Waals surface area contributed by atoms with E-state index in [4.69, 9.17) is 4.74 Å². The smallest absolute Gasteiger partial charge is 0.409 e. The van der Waals surface area contributed by atoms with Crippen molar-refractivity contribution in [3.05, 3.63) is 35.4 Å². The quantitative estimate of drug-likeness (QED) is 0.927. The lowest BCUT2D eigenvalue weighted by Crippen LogP contribution is -2.44. The topological polar surface area (TPSA) is 58.6 Å². The van der Waals surface area contributed by atoms with Crippen molar-refractivity contribution in [2.45, 2.75) is 45.1 Å². The first kappa shape index (κ1) is 16.8. The average molecular weight is 330 g/mol. The Labute approximate surface area is 143 Å². The summed E-state index contributed by atoms with van der Waals surface area (Å²) < 4.78 is 5.02. The first-order chi connectivity index (χ1) is 11.7. The molecule has 0 bridgehead atoms. The lowest BCUT2D eigenvalue weighted by atomic mass is 9.87. The number of carbonyl (C=O) groups is 2.